The van der Waals surface area contributed by atoms with Gasteiger partial charge in [-0.15, -0.1) is 0 Å². The van der Waals surface area contributed by atoms with Crippen molar-refractivity contribution in [2.75, 3.05) is 0 Å². The molecule has 4 fully saturated rings. The van der Waals surface area contributed by atoms with Gasteiger partial charge in [0, 0.05) is 17.5 Å². The smallest absolute Gasteiger partial charge is 0.303 e. The number of carboxylic acids is 1. The van der Waals surface area contributed by atoms with E-state index in [0.29, 0.717) is 11.8 Å². The maximum Gasteiger partial charge on any atom is 0.303 e. The van der Waals surface area contributed by atoms with Gasteiger partial charge in [0.25, 0.3) is 0 Å². The van der Waals surface area contributed by atoms with E-state index in [1.807, 2.05) is 6.20 Å². The molecular weight excluding hydrogens is 252 g/mol. The summed E-state index contributed by atoms with van der Waals surface area (Å²) >= 11 is 0. The number of aliphatic carboxylic acids is 1. The number of nitrogens with one attached hydrogen (secondary N) is 1. The standard InChI is InChI=1S/C16H22N2O2/c19-14(20)2-1-13-9-17-18-15(13)16-6-10-3-11(7-16)5-12(4-10)8-16/h9-12H,1-8H2,(H,17,18)(H,19,20). The Bertz CT molecular complexity index is 499. The van der Waals surface area contributed by atoms with Gasteiger partial charge >= 0.3 is 5.97 Å². The van der Waals surface area contributed by atoms with Crippen molar-refractivity contribution in [1.82, 2.24) is 10.2 Å². The van der Waals surface area contributed by atoms with E-state index in [2.05, 4.69) is 10.2 Å². The van der Waals surface area contributed by atoms with Gasteiger partial charge in [0.05, 0.1) is 6.20 Å². The fourth-order valence-electron chi connectivity index (χ4n) is 5.62. The molecule has 1 heterocycles. The number of H-pyrrole nitrogens is 1. The van der Waals surface area contributed by atoms with Gasteiger partial charge in [-0.3, -0.25) is 9.89 Å². The molecule has 108 valence electrons. The normalized spacial score (nSPS) is 38.3. The van der Waals surface area contributed by atoms with Crippen molar-refractivity contribution in [2.24, 2.45) is 17.8 Å². The van der Waals surface area contributed by atoms with E-state index in [9.17, 15) is 4.79 Å². The number of hydrogen-bond acceptors (Lipinski definition) is 2. The molecule has 4 heteroatoms. The maximum atomic E-state index is 10.8. The molecule has 0 amide bonds. The number of rotatable bonds is 4. The first kappa shape index (κ1) is 12.4. The molecule has 20 heavy (non-hydrogen) atoms. The minimum Gasteiger partial charge on any atom is -0.481 e. The quantitative estimate of drug-likeness (QED) is 0.887. The highest BCUT2D eigenvalue weighted by Gasteiger charge is 2.52. The highest BCUT2D eigenvalue weighted by atomic mass is 16.4. The Balaban J connectivity index is 1.64. The summed E-state index contributed by atoms with van der Waals surface area (Å²) in [4.78, 5) is 10.8. The molecule has 0 saturated heterocycles. The highest BCUT2D eigenvalue weighted by Crippen LogP contribution is 2.60. The van der Waals surface area contributed by atoms with E-state index in [-0.39, 0.29) is 6.42 Å². The summed E-state index contributed by atoms with van der Waals surface area (Å²) in [7, 11) is 0. The number of nitrogens with zero attached hydrogens (tertiary/aromatic N) is 1. The third kappa shape index (κ3) is 1.88. The van der Waals surface area contributed by atoms with E-state index in [1.165, 1.54) is 44.2 Å². The minimum absolute atomic E-state index is 0.207. The predicted octanol–water partition coefficient (Wildman–Crippen LogP) is 2.89. The first-order valence-electron chi connectivity index (χ1n) is 7.89. The number of carboxylic acid groups (broad SMARTS) is 1. The Morgan fingerprint density at radius 1 is 1.25 bits per heavy atom. The monoisotopic (exact) mass is 274 g/mol. The molecule has 4 bridgehead atoms. The third-order valence-corrected chi connectivity index (χ3v) is 5.89. The fourth-order valence-corrected chi connectivity index (χ4v) is 5.62. The third-order valence-electron chi connectivity index (χ3n) is 5.89. The molecule has 0 aliphatic heterocycles. The topological polar surface area (TPSA) is 66.0 Å². The van der Waals surface area contributed by atoms with Crippen molar-refractivity contribution in [3.63, 3.8) is 0 Å². The lowest BCUT2D eigenvalue weighted by Crippen LogP contribution is -2.49. The summed E-state index contributed by atoms with van der Waals surface area (Å²) in [6.07, 6.45) is 10.8. The fraction of sp³-hybridized carbons (Fsp3) is 0.750. The van der Waals surface area contributed by atoms with E-state index in [4.69, 9.17) is 5.11 Å². The summed E-state index contributed by atoms with van der Waals surface area (Å²) in [5.74, 6) is 1.98. The highest BCUT2D eigenvalue weighted by molar-refractivity contribution is 5.67. The molecular formula is C16H22N2O2. The van der Waals surface area contributed by atoms with Crippen molar-refractivity contribution in [3.8, 4) is 0 Å². The zero-order chi connectivity index (χ0) is 13.7. The summed E-state index contributed by atoms with van der Waals surface area (Å²) in [5.41, 5.74) is 2.71. The lowest BCUT2D eigenvalue weighted by molar-refractivity contribution is -0.136. The van der Waals surface area contributed by atoms with Crippen LogP contribution in [0.25, 0.3) is 0 Å². The van der Waals surface area contributed by atoms with Gasteiger partial charge in [-0.2, -0.15) is 5.10 Å². The Hall–Kier alpha value is -1.32. The largest absolute Gasteiger partial charge is 0.481 e. The molecule has 0 spiro atoms. The Kier molecular flexibility index (Phi) is 2.69. The average Bonchev–Trinajstić information content (AvgIpc) is 2.83. The van der Waals surface area contributed by atoms with Crippen molar-refractivity contribution in [3.05, 3.63) is 17.5 Å². The second-order valence-electron chi connectivity index (χ2n) is 7.36. The summed E-state index contributed by atoms with van der Waals surface area (Å²) < 4.78 is 0. The van der Waals surface area contributed by atoms with Crippen LogP contribution < -0.4 is 0 Å². The van der Waals surface area contributed by atoms with Crippen LogP contribution in [0.1, 0.15) is 56.2 Å². The summed E-state index contributed by atoms with van der Waals surface area (Å²) in [6, 6.07) is 0. The molecule has 0 unspecified atom stereocenters. The Morgan fingerprint density at radius 2 is 1.85 bits per heavy atom. The van der Waals surface area contributed by atoms with E-state index in [1.54, 1.807) is 0 Å². The molecule has 1 aromatic heterocycles. The van der Waals surface area contributed by atoms with Crippen LogP contribution in [-0.2, 0) is 16.6 Å². The molecule has 4 aliphatic carbocycles. The van der Waals surface area contributed by atoms with Gasteiger partial charge in [0.2, 0.25) is 0 Å². The Morgan fingerprint density at radius 3 is 2.40 bits per heavy atom. The maximum absolute atomic E-state index is 10.8. The van der Waals surface area contributed by atoms with Crippen LogP contribution in [0, 0.1) is 17.8 Å². The van der Waals surface area contributed by atoms with E-state index >= 15 is 0 Å². The lowest BCUT2D eigenvalue weighted by atomic mass is 9.48. The Labute approximate surface area is 119 Å². The second-order valence-corrected chi connectivity index (χ2v) is 7.36. The van der Waals surface area contributed by atoms with Crippen LogP contribution in [-0.4, -0.2) is 21.3 Å². The van der Waals surface area contributed by atoms with Crippen molar-refractivity contribution < 1.29 is 9.90 Å². The van der Waals surface area contributed by atoms with Gasteiger partial charge in [0.1, 0.15) is 0 Å². The summed E-state index contributed by atoms with van der Waals surface area (Å²) in [6.45, 7) is 0. The molecule has 0 radical (unpaired) electrons. The first-order chi connectivity index (χ1) is 9.64. The van der Waals surface area contributed by atoms with E-state index in [0.717, 1.165) is 23.3 Å². The van der Waals surface area contributed by atoms with Crippen LogP contribution in [0.15, 0.2) is 6.20 Å². The van der Waals surface area contributed by atoms with Crippen molar-refractivity contribution in [2.45, 2.75) is 56.8 Å². The van der Waals surface area contributed by atoms with Gasteiger partial charge in [0.15, 0.2) is 0 Å². The molecule has 2 N–H and O–H groups in total. The SMILES string of the molecule is O=C(O)CCc1cn[nH]c1C12CC3CC(CC(C3)C1)C2. The van der Waals surface area contributed by atoms with Crippen LogP contribution in [0.4, 0.5) is 0 Å². The number of carbonyl (C=O) groups is 1. The molecule has 0 aromatic carbocycles. The van der Waals surface area contributed by atoms with Gasteiger partial charge in [-0.1, -0.05) is 0 Å². The number of aromatic nitrogens is 2. The molecule has 4 aliphatic rings. The molecule has 1 aromatic rings. The zero-order valence-electron chi connectivity index (χ0n) is 11.8. The molecule has 4 nitrogen and oxygen atoms in total. The lowest BCUT2D eigenvalue weighted by Gasteiger charge is -2.56. The minimum atomic E-state index is -0.720. The van der Waals surface area contributed by atoms with Crippen molar-refractivity contribution in [1.29, 1.82) is 0 Å². The summed E-state index contributed by atoms with van der Waals surface area (Å²) in [5, 5.41) is 16.4. The second kappa shape index (κ2) is 4.34. The van der Waals surface area contributed by atoms with Crippen LogP contribution >= 0.6 is 0 Å². The molecule has 0 atom stereocenters. The van der Waals surface area contributed by atoms with Gasteiger partial charge in [-0.05, 0) is 68.3 Å². The average molecular weight is 274 g/mol. The van der Waals surface area contributed by atoms with Gasteiger partial charge in [-0.25, -0.2) is 0 Å². The van der Waals surface area contributed by atoms with Gasteiger partial charge < -0.3 is 5.11 Å². The van der Waals surface area contributed by atoms with E-state index < -0.39 is 5.97 Å². The van der Waals surface area contributed by atoms with Crippen LogP contribution in [0.2, 0.25) is 0 Å². The zero-order valence-corrected chi connectivity index (χ0v) is 11.8. The number of aromatic amines is 1. The number of aryl methyl sites for hydroxylation is 1. The van der Waals surface area contributed by atoms with Crippen molar-refractivity contribution >= 4 is 5.97 Å². The van der Waals surface area contributed by atoms with Crippen LogP contribution in [0.3, 0.4) is 0 Å². The first-order valence-corrected chi connectivity index (χ1v) is 7.89. The number of hydrogen-bond donors (Lipinski definition) is 2. The van der Waals surface area contributed by atoms with Crippen LogP contribution in [0.5, 0.6) is 0 Å². The molecule has 4 saturated carbocycles. The molecule has 5 rings (SSSR count). The predicted molar refractivity (Wildman–Crippen MR) is 74.4 cm³/mol.